The van der Waals surface area contributed by atoms with Crippen LogP contribution in [0.15, 0.2) is 48.5 Å². The number of amides is 1. The Morgan fingerprint density at radius 2 is 1.67 bits per heavy atom. The Bertz CT molecular complexity index is 633. The van der Waals surface area contributed by atoms with E-state index in [2.05, 4.69) is 38.9 Å². The monoisotopic (exact) mass is 392 g/mol. The molecule has 2 aromatic rings. The summed E-state index contributed by atoms with van der Waals surface area (Å²) >= 11 is 2.24. The molecule has 1 aliphatic rings. The van der Waals surface area contributed by atoms with Gasteiger partial charge >= 0.3 is 0 Å². The third-order valence-electron chi connectivity index (χ3n) is 3.71. The predicted octanol–water partition coefficient (Wildman–Crippen LogP) is 4.14. The smallest absolute Gasteiger partial charge is 0.255 e. The van der Waals surface area contributed by atoms with Gasteiger partial charge in [0.15, 0.2) is 0 Å². The average Bonchev–Trinajstić information content (AvgIpc) is 3.02. The highest BCUT2D eigenvalue weighted by Gasteiger charge is 2.16. The first-order valence-corrected chi connectivity index (χ1v) is 8.23. The van der Waals surface area contributed by atoms with E-state index in [1.165, 1.54) is 12.8 Å². The minimum absolute atomic E-state index is 0.0574. The largest absolute Gasteiger partial charge is 0.370 e. The fourth-order valence-electron chi connectivity index (χ4n) is 2.61. The van der Waals surface area contributed by atoms with Crippen molar-refractivity contribution in [3.8, 4) is 0 Å². The number of para-hydroxylation sites is 2. The molecule has 1 saturated heterocycles. The number of halogens is 1. The summed E-state index contributed by atoms with van der Waals surface area (Å²) in [5.74, 6) is -0.0574. The molecule has 0 atom stereocenters. The van der Waals surface area contributed by atoms with Gasteiger partial charge in [-0.15, -0.1) is 0 Å². The molecule has 1 heterocycles. The molecule has 0 radical (unpaired) electrons. The standard InChI is InChI=1S/C17H17IN2O/c18-14-9-7-13(8-10-14)17(21)19-15-5-1-2-6-16(15)20-11-3-4-12-20/h1-2,5-10H,3-4,11-12H2,(H,19,21). The van der Waals surface area contributed by atoms with Gasteiger partial charge in [-0.2, -0.15) is 0 Å². The second-order valence-corrected chi connectivity index (χ2v) is 6.42. The van der Waals surface area contributed by atoms with Gasteiger partial charge in [-0.3, -0.25) is 4.79 Å². The van der Waals surface area contributed by atoms with Gasteiger partial charge in [0, 0.05) is 22.2 Å². The Morgan fingerprint density at radius 1 is 1.00 bits per heavy atom. The van der Waals surface area contributed by atoms with Crippen LogP contribution in [0, 0.1) is 3.57 Å². The molecule has 2 aromatic carbocycles. The third kappa shape index (κ3) is 3.37. The Hall–Kier alpha value is -1.56. The van der Waals surface area contributed by atoms with Gasteiger partial charge in [0.05, 0.1) is 11.4 Å². The molecule has 0 bridgehead atoms. The summed E-state index contributed by atoms with van der Waals surface area (Å²) in [6.07, 6.45) is 2.44. The SMILES string of the molecule is O=C(Nc1ccccc1N1CCCC1)c1ccc(I)cc1. The predicted molar refractivity (Wildman–Crippen MR) is 95.0 cm³/mol. The van der Waals surface area contributed by atoms with Crippen LogP contribution in [0.2, 0.25) is 0 Å². The van der Waals surface area contributed by atoms with Crippen molar-refractivity contribution >= 4 is 39.9 Å². The minimum Gasteiger partial charge on any atom is -0.370 e. The Morgan fingerprint density at radius 3 is 2.38 bits per heavy atom. The molecule has 108 valence electrons. The zero-order valence-electron chi connectivity index (χ0n) is 11.7. The van der Waals surface area contributed by atoms with Crippen molar-refractivity contribution in [3.05, 3.63) is 57.7 Å². The first-order chi connectivity index (χ1) is 10.2. The zero-order chi connectivity index (χ0) is 14.7. The molecule has 3 nitrogen and oxygen atoms in total. The van der Waals surface area contributed by atoms with E-state index in [1.807, 2.05) is 42.5 Å². The molecule has 21 heavy (non-hydrogen) atoms. The van der Waals surface area contributed by atoms with E-state index in [4.69, 9.17) is 0 Å². The fraction of sp³-hybridized carbons (Fsp3) is 0.235. The minimum atomic E-state index is -0.0574. The Kier molecular flexibility index (Phi) is 4.43. The maximum atomic E-state index is 12.4. The Balaban J connectivity index is 1.81. The van der Waals surface area contributed by atoms with E-state index in [0.717, 1.165) is 28.0 Å². The van der Waals surface area contributed by atoms with E-state index < -0.39 is 0 Å². The van der Waals surface area contributed by atoms with Crippen molar-refractivity contribution in [1.82, 2.24) is 0 Å². The summed E-state index contributed by atoms with van der Waals surface area (Å²) in [5.41, 5.74) is 2.70. The van der Waals surface area contributed by atoms with Crippen LogP contribution < -0.4 is 10.2 Å². The molecule has 0 saturated carbocycles. The summed E-state index contributed by atoms with van der Waals surface area (Å²) < 4.78 is 1.13. The number of hydrogen-bond donors (Lipinski definition) is 1. The van der Waals surface area contributed by atoms with Crippen molar-refractivity contribution in [3.63, 3.8) is 0 Å². The second-order valence-electron chi connectivity index (χ2n) is 5.17. The number of carbonyl (C=O) groups is 1. The van der Waals surface area contributed by atoms with E-state index >= 15 is 0 Å². The zero-order valence-corrected chi connectivity index (χ0v) is 13.8. The quantitative estimate of drug-likeness (QED) is 0.797. The van der Waals surface area contributed by atoms with Crippen LogP contribution >= 0.6 is 22.6 Å². The summed E-state index contributed by atoms with van der Waals surface area (Å²) in [7, 11) is 0. The molecule has 0 unspecified atom stereocenters. The molecular formula is C17H17IN2O. The number of carbonyl (C=O) groups excluding carboxylic acids is 1. The molecule has 0 spiro atoms. The van der Waals surface area contributed by atoms with Gasteiger partial charge in [-0.25, -0.2) is 0 Å². The topological polar surface area (TPSA) is 32.3 Å². The fourth-order valence-corrected chi connectivity index (χ4v) is 2.97. The average molecular weight is 392 g/mol. The lowest BCUT2D eigenvalue weighted by atomic mass is 10.2. The first kappa shape index (κ1) is 14.4. The lowest BCUT2D eigenvalue weighted by Gasteiger charge is -2.21. The number of nitrogens with zero attached hydrogens (tertiary/aromatic N) is 1. The Labute approximate surface area is 138 Å². The number of anilines is 2. The molecule has 1 fully saturated rings. The summed E-state index contributed by atoms with van der Waals surface area (Å²) in [5, 5.41) is 3.04. The van der Waals surface area contributed by atoms with Crippen molar-refractivity contribution in [2.24, 2.45) is 0 Å². The van der Waals surface area contributed by atoms with Gasteiger partial charge in [0.1, 0.15) is 0 Å². The van der Waals surface area contributed by atoms with Crippen LogP contribution in [0.5, 0.6) is 0 Å². The van der Waals surface area contributed by atoms with Crippen LogP contribution in [-0.2, 0) is 0 Å². The molecule has 3 rings (SSSR count). The highest BCUT2D eigenvalue weighted by molar-refractivity contribution is 14.1. The number of benzene rings is 2. The molecule has 0 aliphatic carbocycles. The molecule has 0 aromatic heterocycles. The highest BCUT2D eigenvalue weighted by atomic mass is 127. The van der Waals surface area contributed by atoms with E-state index in [9.17, 15) is 4.79 Å². The number of nitrogens with one attached hydrogen (secondary N) is 1. The van der Waals surface area contributed by atoms with Crippen LogP contribution in [0.4, 0.5) is 11.4 Å². The third-order valence-corrected chi connectivity index (χ3v) is 4.42. The number of rotatable bonds is 3. The number of hydrogen-bond acceptors (Lipinski definition) is 2. The highest BCUT2D eigenvalue weighted by Crippen LogP contribution is 2.29. The van der Waals surface area contributed by atoms with Gasteiger partial charge < -0.3 is 10.2 Å². The molecule has 1 amide bonds. The van der Waals surface area contributed by atoms with Crippen molar-refractivity contribution in [1.29, 1.82) is 0 Å². The van der Waals surface area contributed by atoms with Crippen LogP contribution in [0.1, 0.15) is 23.2 Å². The maximum absolute atomic E-state index is 12.4. The lowest BCUT2D eigenvalue weighted by Crippen LogP contribution is -2.21. The van der Waals surface area contributed by atoms with E-state index in [1.54, 1.807) is 0 Å². The maximum Gasteiger partial charge on any atom is 0.255 e. The van der Waals surface area contributed by atoms with Crippen molar-refractivity contribution in [2.45, 2.75) is 12.8 Å². The van der Waals surface area contributed by atoms with E-state index in [0.29, 0.717) is 5.56 Å². The molecule has 1 aliphatic heterocycles. The van der Waals surface area contributed by atoms with Crippen LogP contribution in [0.3, 0.4) is 0 Å². The summed E-state index contributed by atoms with van der Waals surface area (Å²) in [6.45, 7) is 2.13. The first-order valence-electron chi connectivity index (χ1n) is 7.15. The van der Waals surface area contributed by atoms with Crippen LogP contribution in [0.25, 0.3) is 0 Å². The second kappa shape index (κ2) is 6.47. The van der Waals surface area contributed by atoms with Crippen molar-refractivity contribution < 1.29 is 4.79 Å². The van der Waals surface area contributed by atoms with Gasteiger partial charge in [-0.1, -0.05) is 12.1 Å². The molecular weight excluding hydrogens is 375 g/mol. The van der Waals surface area contributed by atoms with Gasteiger partial charge in [0.2, 0.25) is 0 Å². The summed E-state index contributed by atoms with van der Waals surface area (Å²) in [4.78, 5) is 14.7. The molecule has 1 N–H and O–H groups in total. The lowest BCUT2D eigenvalue weighted by molar-refractivity contribution is 0.102. The molecule has 4 heteroatoms. The van der Waals surface area contributed by atoms with Gasteiger partial charge in [0.25, 0.3) is 5.91 Å². The van der Waals surface area contributed by atoms with Crippen LogP contribution in [-0.4, -0.2) is 19.0 Å². The van der Waals surface area contributed by atoms with E-state index in [-0.39, 0.29) is 5.91 Å². The normalized spacial score (nSPS) is 14.2. The van der Waals surface area contributed by atoms with Crippen molar-refractivity contribution in [2.75, 3.05) is 23.3 Å². The van der Waals surface area contributed by atoms with Gasteiger partial charge in [-0.05, 0) is 71.8 Å². The summed E-state index contributed by atoms with van der Waals surface area (Å²) in [6, 6.07) is 15.6.